The number of hydrogen-bond donors (Lipinski definition) is 0. The van der Waals surface area contributed by atoms with Gasteiger partial charge in [0.15, 0.2) is 0 Å². The van der Waals surface area contributed by atoms with Gasteiger partial charge in [-0.25, -0.2) is 4.90 Å². The third-order valence-corrected chi connectivity index (χ3v) is 4.75. The van der Waals surface area contributed by atoms with E-state index in [4.69, 9.17) is 4.74 Å². The molecule has 10 heteroatoms. The first-order valence-corrected chi connectivity index (χ1v) is 9.54. The van der Waals surface area contributed by atoms with E-state index in [0.29, 0.717) is 0 Å². The predicted molar refractivity (Wildman–Crippen MR) is 113 cm³/mol. The van der Waals surface area contributed by atoms with Gasteiger partial charge in [0.1, 0.15) is 11.8 Å². The van der Waals surface area contributed by atoms with E-state index < -0.39 is 34.7 Å². The van der Waals surface area contributed by atoms with Crippen LogP contribution in [-0.2, 0) is 14.4 Å². The largest absolute Gasteiger partial charge is 0.427 e. The number of nitro groups is 1. The van der Waals surface area contributed by atoms with Gasteiger partial charge in [0.05, 0.1) is 17.0 Å². The second kappa shape index (κ2) is 9.21. The third kappa shape index (κ3) is 4.53. The maximum absolute atomic E-state index is 13.1. The molecule has 0 saturated carbocycles. The van der Waals surface area contributed by atoms with Crippen molar-refractivity contribution >= 4 is 35.1 Å². The highest BCUT2D eigenvalue weighted by Gasteiger charge is 2.44. The molecule has 10 nitrogen and oxygen atoms in total. The summed E-state index contributed by atoms with van der Waals surface area (Å²) in [6.07, 6.45) is 1.16. The smallest absolute Gasteiger partial charge is 0.308 e. The molecule has 1 fully saturated rings. The summed E-state index contributed by atoms with van der Waals surface area (Å²) >= 11 is 0. The molecular formula is C22H19N3O7. The molecule has 164 valence electrons. The molecule has 1 unspecified atom stereocenters. The number of amides is 3. The van der Waals surface area contributed by atoms with Crippen LogP contribution in [-0.4, -0.2) is 46.1 Å². The number of non-ortho nitro benzene ring substituents is 1. The average molecular weight is 437 g/mol. The van der Waals surface area contributed by atoms with Gasteiger partial charge in [0.2, 0.25) is 5.91 Å². The quantitative estimate of drug-likeness (QED) is 0.163. The van der Waals surface area contributed by atoms with E-state index in [1.54, 1.807) is 0 Å². The number of hydrogen-bond acceptors (Lipinski definition) is 7. The zero-order valence-electron chi connectivity index (χ0n) is 17.1. The molecule has 3 amide bonds. The van der Waals surface area contributed by atoms with Crippen LogP contribution in [0.15, 0.2) is 61.2 Å². The van der Waals surface area contributed by atoms with E-state index in [1.165, 1.54) is 60.4 Å². The predicted octanol–water partition coefficient (Wildman–Crippen LogP) is 2.48. The van der Waals surface area contributed by atoms with Crippen LogP contribution in [0.2, 0.25) is 0 Å². The van der Waals surface area contributed by atoms with E-state index in [1.807, 2.05) is 0 Å². The number of nitrogens with zero attached hydrogens (tertiary/aromatic N) is 3. The maximum Gasteiger partial charge on any atom is 0.308 e. The van der Waals surface area contributed by atoms with Gasteiger partial charge in [0.25, 0.3) is 17.5 Å². The number of nitro benzene ring substituents is 1. The van der Waals surface area contributed by atoms with Gasteiger partial charge in [-0.3, -0.25) is 29.3 Å². The molecule has 0 radical (unpaired) electrons. The molecular weight excluding hydrogens is 418 g/mol. The van der Waals surface area contributed by atoms with E-state index in [9.17, 15) is 29.3 Å². The van der Waals surface area contributed by atoms with Crippen molar-refractivity contribution in [2.75, 3.05) is 11.4 Å². The minimum absolute atomic E-state index is 0.0190. The summed E-state index contributed by atoms with van der Waals surface area (Å²) in [5, 5.41) is 11.0. The second-order valence-corrected chi connectivity index (χ2v) is 6.93. The zero-order valence-corrected chi connectivity index (χ0v) is 17.1. The number of rotatable bonds is 7. The Morgan fingerprint density at radius 3 is 2.53 bits per heavy atom. The van der Waals surface area contributed by atoms with Crippen LogP contribution < -0.4 is 9.64 Å². The van der Waals surface area contributed by atoms with E-state index >= 15 is 0 Å². The first kappa shape index (κ1) is 22.3. The monoisotopic (exact) mass is 437 g/mol. The van der Waals surface area contributed by atoms with Crippen molar-refractivity contribution in [3.8, 4) is 5.75 Å². The first-order chi connectivity index (χ1) is 15.2. The minimum atomic E-state index is -1.10. The molecule has 2 aromatic carbocycles. The van der Waals surface area contributed by atoms with Crippen molar-refractivity contribution in [2.45, 2.75) is 19.4 Å². The summed E-state index contributed by atoms with van der Waals surface area (Å²) in [7, 11) is 0. The van der Waals surface area contributed by atoms with Gasteiger partial charge in [-0.15, -0.1) is 6.58 Å². The van der Waals surface area contributed by atoms with Crippen molar-refractivity contribution in [2.24, 2.45) is 0 Å². The van der Waals surface area contributed by atoms with Gasteiger partial charge in [-0.2, -0.15) is 0 Å². The molecule has 32 heavy (non-hydrogen) atoms. The van der Waals surface area contributed by atoms with E-state index in [0.717, 1.165) is 11.0 Å². The first-order valence-electron chi connectivity index (χ1n) is 9.54. The molecule has 0 aliphatic carbocycles. The topological polar surface area (TPSA) is 127 Å². The number of imide groups is 1. The summed E-state index contributed by atoms with van der Waals surface area (Å²) in [6.45, 7) is 4.81. The summed E-state index contributed by atoms with van der Waals surface area (Å²) in [5.41, 5.74) is 0.0166. The number of carbonyl (C=O) groups is 4. The highest BCUT2D eigenvalue weighted by molar-refractivity contribution is 6.23. The van der Waals surface area contributed by atoms with Crippen molar-refractivity contribution in [3.05, 3.63) is 76.9 Å². The summed E-state index contributed by atoms with van der Waals surface area (Å²) in [5.74, 6) is -2.01. The second-order valence-electron chi connectivity index (χ2n) is 6.93. The molecule has 1 atom stereocenters. The van der Waals surface area contributed by atoms with Gasteiger partial charge in [-0.05, 0) is 30.3 Å². The Kier molecular flexibility index (Phi) is 6.43. The van der Waals surface area contributed by atoms with Crippen molar-refractivity contribution in [1.29, 1.82) is 0 Å². The molecule has 2 aromatic rings. The molecule has 0 N–H and O–H groups in total. The summed E-state index contributed by atoms with van der Waals surface area (Å²) in [6, 6.07) is 9.84. The van der Waals surface area contributed by atoms with E-state index in [2.05, 4.69) is 6.58 Å². The lowest BCUT2D eigenvalue weighted by Gasteiger charge is -2.26. The van der Waals surface area contributed by atoms with Gasteiger partial charge < -0.3 is 9.64 Å². The molecule has 3 rings (SSSR count). The Morgan fingerprint density at radius 1 is 1.25 bits per heavy atom. The lowest BCUT2D eigenvalue weighted by atomic mass is 10.1. The van der Waals surface area contributed by atoms with Crippen LogP contribution in [0.25, 0.3) is 0 Å². The van der Waals surface area contributed by atoms with Crippen LogP contribution in [0, 0.1) is 10.1 Å². The van der Waals surface area contributed by atoms with E-state index in [-0.39, 0.29) is 35.7 Å². The van der Waals surface area contributed by atoms with Crippen LogP contribution in [0.4, 0.5) is 11.4 Å². The summed E-state index contributed by atoms with van der Waals surface area (Å²) in [4.78, 5) is 62.4. The minimum Gasteiger partial charge on any atom is -0.427 e. The normalized spacial score (nSPS) is 15.4. The van der Waals surface area contributed by atoms with Crippen LogP contribution >= 0.6 is 0 Å². The maximum atomic E-state index is 13.1. The molecule has 0 bridgehead atoms. The number of anilines is 1. The fourth-order valence-corrected chi connectivity index (χ4v) is 3.37. The number of benzene rings is 2. The van der Waals surface area contributed by atoms with Crippen molar-refractivity contribution < 1.29 is 28.8 Å². The van der Waals surface area contributed by atoms with Crippen LogP contribution in [0.1, 0.15) is 23.7 Å². The number of esters is 1. The van der Waals surface area contributed by atoms with Gasteiger partial charge in [0, 0.05) is 31.2 Å². The molecule has 1 aliphatic rings. The number of carbonyl (C=O) groups excluding carboxylic acids is 4. The van der Waals surface area contributed by atoms with Crippen LogP contribution in [0.3, 0.4) is 0 Å². The zero-order chi connectivity index (χ0) is 23.4. The lowest BCUT2D eigenvalue weighted by Crippen LogP contribution is -2.45. The Bertz CT molecular complexity index is 1110. The van der Waals surface area contributed by atoms with Crippen molar-refractivity contribution in [3.63, 3.8) is 0 Å². The molecule has 0 aromatic heterocycles. The highest BCUT2D eigenvalue weighted by Crippen LogP contribution is 2.28. The lowest BCUT2D eigenvalue weighted by molar-refractivity contribution is -0.384. The Labute approximate surface area is 182 Å². The third-order valence-electron chi connectivity index (χ3n) is 4.75. The average Bonchev–Trinajstić information content (AvgIpc) is 3.05. The van der Waals surface area contributed by atoms with Crippen LogP contribution in [0.5, 0.6) is 5.75 Å². The standard InChI is InChI=1S/C22H19N3O7/c1-3-11-23(21(28)15-5-4-6-17(12-15)25(30)31)19-13-20(27)24(22(19)29)16-7-9-18(10-8-16)32-14(2)26/h3-10,12,19H,1,11,13H2,2H3. The Hall–Kier alpha value is -4.34. The van der Waals surface area contributed by atoms with Gasteiger partial charge >= 0.3 is 5.97 Å². The Morgan fingerprint density at radius 2 is 1.94 bits per heavy atom. The fourth-order valence-electron chi connectivity index (χ4n) is 3.37. The SMILES string of the molecule is C=CCN(C(=O)c1cccc([N+](=O)[O-])c1)C1CC(=O)N(c2ccc(OC(C)=O)cc2)C1=O. The number of ether oxygens (including phenoxy) is 1. The fraction of sp³-hybridized carbons (Fsp3) is 0.182. The highest BCUT2D eigenvalue weighted by atomic mass is 16.6. The van der Waals surface area contributed by atoms with Crippen molar-refractivity contribution in [1.82, 2.24) is 4.90 Å². The molecule has 1 aliphatic heterocycles. The molecule has 0 spiro atoms. The Balaban J connectivity index is 1.87. The summed E-state index contributed by atoms with van der Waals surface area (Å²) < 4.78 is 4.94. The molecule has 1 saturated heterocycles. The van der Waals surface area contributed by atoms with Gasteiger partial charge in [-0.1, -0.05) is 12.1 Å². The molecule has 1 heterocycles.